The van der Waals surface area contributed by atoms with Crippen LogP contribution in [0.3, 0.4) is 0 Å². The number of likely N-dealkylation sites (tertiary alicyclic amines) is 1. The third-order valence-electron chi connectivity index (χ3n) is 7.66. The summed E-state index contributed by atoms with van der Waals surface area (Å²) in [6.45, 7) is 3.74. The van der Waals surface area contributed by atoms with Gasteiger partial charge < -0.3 is 31.2 Å². The predicted molar refractivity (Wildman–Crippen MR) is 168 cm³/mol. The van der Waals surface area contributed by atoms with E-state index < -0.39 is 0 Å². The summed E-state index contributed by atoms with van der Waals surface area (Å²) < 4.78 is 0. The number of aromatic amines is 2. The summed E-state index contributed by atoms with van der Waals surface area (Å²) in [5.74, 6) is 1.72. The van der Waals surface area contributed by atoms with Gasteiger partial charge in [0.05, 0.1) is 34.2 Å². The van der Waals surface area contributed by atoms with Crippen LogP contribution < -0.4 is 21.3 Å². The highest BCUT2D eigenvalue weighted by atomic mass is 35.5. The van der Waals surface area contributed by atoms with Crippen LogP contribution in [0.1, 0.15) is 25.7 Å². The molecule has 6 heterocycles. The molecule has 2 aliphatic heterocycles. The first-order chi connectivity index (χ1) is 21.1. The minimum absolute atomic E-state index is 0.0533. The summed E-state index contributed by atoms with van der Waals surface area (Å²) in [5.41, 5.74) is 2.35. The average molecular weight is 603 g/mol. The molecular weight excluding hydrogens is 568 g/mol. The summed E-state index contributed by atoms with van der Waals surface area (Å²) in [7, 11) is 0. The van der Waals surface area contributed by atoms with Gasteiger partial charge in [-0.3, -0.25) is 9.89 Å². The summed E-state index contributed by atoms with van der Waals surface area (Å²) in [6.07, 6.45) is 11.0. The number of carbonyl (C=O) groups excluding carboxylic acids is 1. The Morgan fingerprint density at radius 2 is 1.74 bits per heavy atom. The number of hydrogen-bond donors (Lipinski definition) is 6. The normalized spacial score (nSPS) is 18.6. The van der Waals surface area contributed by atoms with Crippen molar-refractivity contribution in [1.29, 1.82) is 0 Å². The van der Waals surface area contributed by atoms with Gasteiger partial charge in [-0.05, 0) is 50.4 Å². The van der Waals surface area contributed by atoms with E-state index in [4.69, 9.17) is 11.6 Å². The van der Waals surface area contributed by atoms with Crippen molar-refractivity contribution in [2.24, 2.45) is 0 Å². The van der Waals surface area contributed by atoms with Crippen molar-refractivity contribution in [1.82, 2.24) is 45.3 Å². The Morgan fingerprint density at radius 1 is 0.953 bits per heavy atom. The lowest BCUT2D eigenvalue weighted by atomic mass is 10.1. The third kappa shape index (κ3) is 7.12. The number of benzene rings is 1. The van der Waals surface area contributed by atoms with Crippen LogP contribution in [-0.2, 0) is 4.79 Å². The van der Waals surface area contributed by atoms with Gasteiger partial charge in [0, 0.05) is 37.9 Å². The minimum atomic E-state index is 0.0533. The Bertz CT molecular complexity index is 1650. The second kappa shape index (κ2) is 13.7. The summed E-state index contributed by atoms with van der Waals surface area (Å²) in [4.78, 5) is 34.5. The maximum absolute atomic E-state index is 12.6. The number of nitrogens with zero attached hydrogens (tertiary/aromatic N) is 6. The lowest BCUT2D eigenvalue weighted by Gasteiger charge is -2.33. The van der Waals surface area contributed by atoms with Crippen LogP contribution in [0.25, 0.3) is 22.1 Å². The van der Waals surface area contributed by atoms with E-state index in [2.05, 4.69) is 56.4 Å². The Labute approximate surface area is 253 Å². The Kier molecular flexibility index (Phi) is 9.09. The molecule has 13 nitrogen and oxygen atoms in total. The summed E-state index contributed by atoms with van der Waals surface area (Å²) in [5, 5.41) is 22.8. The number of fused-ring (bicyclic) bond motifs is 2. The van der Waals surface area contributed by atoms with Crippen LogP contribution in [-0.4, -0.2) is 90.7 Å². The van der Waals surface area contributed by atoms with E-state index in [9.17, 15) is 4.79 Å². The molecule has 1 aromatic carbocycles. The van der Waals surface area contributed by atoms with Crippen LogP contribution in [0.4, 0.5) is 17.3 Å². The number of amides is 1. The highest BCUT2D eigenvalue weighted by Gasteiger charge is 2.24. The molecule has 0 radical (unpaired) electrons. The van der Waals surface area contributed by atoms with Crippen LogP contribution in [0.5, 0.6) is 0 Å². The molecule has 0 unspecified atom stereocenters. The van der Waals surface area contributed by atoms with Crippen LogP contribution in [0.2, 0.25) is 5.02 Å². The van der Waals surface area contributed by atoms with Crippen molar-refractivity contribution in [2.75, 3.05) is 48.7 Å². The first-order valence-corrected chi connectivity index (χ1v) is 14.9. The molecule has 0 saturated carbocycles. The number of para-hydroxylation sites is 1. The maximum atomic E-state index is 12.6. The standard InChI is InChI=1S/C18H20ClN7O.C11H15N5/c19-14-5-1-2-6-15(14)20-9-16(27)26-7-3-4-12(10-26)24-17-13-8-23-25-18(13)22-11-21-17;1-2-8(6-12-4-1)16-11-9-3-5-13-10(9)14-7-15-11/h1-2,5-6,8,11-12,20H,3-4,7,9-10H2,(H2,21,22,23,24,25);3,5,7-8,12H,1-2,4,6H2,(H2,13,14,15,16)/t12-;8-/m00/s1. The molecule has 224 valence electrons. The molecule has 0 spiro atoms. The smallest absolute Gasteiger partial charge is 0.241 e. The Morgan fingerprint density at radius 3 is 2.58 bits per heavy atom. The Balaban J connectivity index is 0.000000174. The summed E-state index contributed by atoms with van der Waals surface area (Å²) in [6, 6.07) is 10.0. The van der Waals surface area contributed by atoms with Gasteiger partial charge in [-0.2, -0.15) is 5.10 Å². The van der Waals surface area contributed by atoms with E-state index in [1.165, 1.54) is 19.2 Å². The van der Waals surface area contributed by atoms with Gasteiger partial charge in [-0.1, -0.05) is 23.7 Å². The van der Waals surface area contributed by atoms with E-state index in [1.807, 2.05) is 35.4 Å². The lowest BCUT2D eigenvalue weighted by Crippen LogP contribution is -2.47. The number of piperidine rings is 2. The highest BCUT2D eigenvalue weighted by Crippen LogP contribution is 2.23. The first-order valence-electron chi connectivity index (χ1n) is 14.6. The number of rotatable bonds is 7. The number of H-pyrrole nitrogens is 2. The second-order valence-corrected chi connectivity index (χ2v) is 11.1. The molecule has 2 fully saturated rings. The Hall–Kier alpha value is -4.49. The molecular formula is C29H35ClN12O. The molecule has 5 aromatic rings. The fraction of sp³-hybridized carbons (Fsp3) is 0.379. The van der Waals surface area contributed by atoms with Gasteiger partial charge >= 0.3 is 0 Å². The molecule has 7 rings (SSSR count). The molecule has 2 aliphatic rings. The van der Waals surface area contributed by atoms with Gasteiger partial charge in [0.15, 0.2) is 5.65 Å². The lowest BCUT2D eigenvalue weighted by molar-refractivity contribution is -0.130. The summed E-state index contributed by atoms with van der Waals surface area (Å²) >= 11 is 6.13. The van der Waals surface area contributed by atoms with E-state index in [0.717, 1.165) is 66.2 Å². The molecule has 2 atom stereocenters. The number of anilines is 3. The number of hydrogen-bond acceptors (Lipinski definition) is 10. The zero-order chi connectivity index (χ0) is 29.4. The fourth-order valence-corrected chi connectivity index (χ4v) is 5.64. The van der Waals surface area contributed by atoms with Crippen molar-refractivity contribution < 1.29 is 4.79 Å². The molecule has 1 amide bonds. The molecule has 6 N–H and O–H groups in total. The van der Waals surface area contributed by atoms with Gasteiger partial charge in [-0.25, -0.2) is 19.9 Å². The molecule has 0 aliphatic carbocycles. The average Bonchev–Trinajstić information content (AvgIpc) is 3.73. The fourth-order valence-electron chi connectivity index (χ4n) is 5.44. The van der Waals surface area contributed by atoms with Crippen LogP contribution in [0, 0.1) is 0 Å². The molecule has 4 aromatic heterocycles. The largest absolute Gasteiger partial charge is 0.375 e. The monoisotopic (exact) mass is 602 g/mol. The number of halogens is 1. The van der Waals surface area contributed by atoms with Crippen molar-refractivity contribution in [2.45, 2.75) is 37.8 Å². The minimum Gasteiger partial charge on any atom is -0.375 e. The molecule has 0 bridgehead atoms. The second-order valence-electron chi connectivity index (χ2n) is 10.7. The van der Waals surface area contributed by atoms with Gasteiger partial charge in [0.2, 0.25) is 5.91 Å². The quantitative estimate of drug-likeness (QED) is 0.162. The molecule has 14 heteroatoms. The van der Waals surface area contributed by atoms with E-state index >= 15 is 0 Å². The van der Waals surface area contributed by atoms with E-state index in [0.29, 0.717) is 23.3 Å². The van der Waals surface area contributed by atoms with Gasteiger partial charge in [-0.15, -0.1) is 0 Å². The molecule has 2 saturated heterocycles. The maximum Gasteiger partial charge on any atom is 0.241 e. The van der Waals surface area contributed by atoms with Crippen LogP contribution >= 0.6 is 11.6 Å². The predicted octanol–water partition coefficient (Wildman–Crippen LogP) is 3.64. The van der Waals surface area contributed by atoms with E-state index in [-0.39, 0.29) is 18.5 Å². The van der Waals surface area contributed by atoms with Gasteiger partial charge in [0.1, 0.15) is 29.9 Å². The number of carbonyl (C=O) groups is 1. The zero-order valence-corrected chi connectivity index (χ0v) is 24.4. The van der Waals surface area contributed by atoms with Crippen molar-refractivity contribution in [3.05, 3.63) is 60.4 Å². The third-order valence-corrected chi connectivity index (χ3v) is 7.99. The SMILES string of the molecule is O=C(CNc1ccccc1Cl)N1CCC[C@H](Nc2ncnc3[nH]ncc23)C1.c1nc(N[C@H]2CCCNC2)c2cc[nH]c2n1. The topological polar surface area (TPSA) is 164 Å². The number of aromatic nitrogens is 7. The van der Waals surface area contributed by atoms with Crippen molar-refractivity contribution >= 4 is 56.9 Å². The van der Waals surface area contributed by atoms with Crippen LogP contribution in [0.15, 0.2) is 55.4 Å². The molecule has 43 heavy (non-hydrogen) atoms. The van der Waals surface area contributed by atoms with Gasteiger partial charge in [0.25, 0.3) is 0 Å². The van der Waals surface area contributed by atoms with Crippen molar-refractivity contribution in [3.8, 4) is 0 Å². The first kappa shape index (κ1) is 28.6. The van der Waals surface area contributed by atoms with Crippen molar-refractivity contribution in [3.63, 3.8) is 0 Å². The highest BCUT2D eigenvalue weighted by molar-refractivity contribution is 6.33. The van der Waals surface area contributed by atoms with E-state index in [1.54, 1.807) is 18.6 Å². The zero-order valence-electron chi connectivity index (χ0n) is 23.7. The number of nitrogens with one attached hydrogen (secondary N) is 6.